The van der Waals surface area contributed by atoms with E-state index in [0.29, 0.717) is 23.7 Å². The first-order valence-corrected chi connectivity index (χ1v) is 14.6. The number of benzene rings is 1. The molecule has 1 unspecified atom stereocenters. The predicted molar refractivity (Wildman–Crippen MR) is 163 cm³/mol. The molecule has 0 aromatic heterocycles. The van der Waals surface area contributed by atoms with Crippen LogP contribution in [0.1, 0.15) is 131 Å². The maximum Gasteiger partial charge on any atom is 1.00 e. The SMILES string of the molecule is CC.CCCC(=O)OC(C)C.CCCCC(=N/C=C(\C)c1ccc(OC)cc1C(C)(N)[O-])C1CCCCC1.O.[K+]. The molecule has 0 aliphatic heterocycles. The molecule has 40 heavy (non-hydrogen) atoms. The van der Waals surface area contributed by atoms with E-state index in [9.17, 15) is 9.90 Å². The van der Waals surface area contributed by atoms with Crippen molar-refractivity contribution in [3.63, 3.8) is 0 Å². The quantitative estimate of drug-likeness (QED) is 0.182. The Hall–Kier alpha value is -0.584. The number of methoxy groups -OCH3 is 1. The number of nitrogens with zero attached hydrogens (tertiary/aromatic N) is 1. The van der Waals surface area contributed by atoms with Crippen molar-refractivity contribution in [3.05, 3.63) is 35.5 Å². The zero-order valence-corrected chi connectivity index (χ0v) is 30.3. The number of esters is 1. The van der Waals surface area contributed by atoms with Crippen molar-refractivity contribution in [1.82, 2.24) is 0 Å². The number of hydrogen-bond donors (Lipinski definition) is 1. The van der Waals surface area contributed by atoms with Crippen LogP contribution in [0, 0.1) is 5.92 Å². The second kappa shape index (κ2) is 25.0. The molecule has 226 valence electrons. The minimum absolute atomic E-state index is 0. The second-order valence-electron chi connectivity index (χ2n) is 10.2. The molecule has 0 radical (unpaired) electrons. The fraction of sp³-hybridized carbons (Fsp3) is 0.688. The van der Waals surface area contributed by atoms with Crippen LogP contribution in [0.4, 0.5) is 0 Å². The van der Waals surface area contributed by atoms with Crippen molar-refractivity contribution in [2.45, 2.75) is 131 Å². The minimum atomic E-state index is -1.68. The number of rotatable bonds is 11. The van der Waals surface area contributed by atoms with E-state index in [1.54, 1.807) is 13.2 Å². The Morgan fingerprint density at radius 1 is 1.15 bits per heavy atom. The number of unbranched alkanes of at least 4 members (excludes halogenated alkanes) is 1. The molecule has 1 aliphatic carbocycles. The summed E-state index contributed by atoms with van der Waals surface area (Å²) >= 11 is 0. The topological polar surface area (TPSA) is 128 Å². The Bertz CT molecular complexity index is 857. The number of aliphatic imine (C=N–C) groups is 1. The Kier molecular flexibility index (Phi) is 27.4. The van der Waals surface area contributed by atoms with Crippen LogP contribution < -0.4 is 67.0 Å². The van der Waals surface area contributed by atoms with E-state index in [2.05, 4.69) is 6.92 Å². The largest absolute Gasteiger partial charge is 1.00 e. The van der Waals surface area contributed by atoms with Crippen molar-refractivity contribution in [2.75, 3.05) is 7.11 Å². The van der Waals surface area contributed by atoms with Crippen LogP contribution in [-0.2, 0) is 15.3 Å². The maximum absolute atomic E-state index is 12.5. The Balaban J connectivity index is -0.000000902. The number of allylic oxidation sites excluding steroid dienone is 1. The van der Waals surface area contributed by atoms with Gasteiger partial charge in [0.05, 0.1) is 13.2 Å². The van der Waals surface area contributed by atoms with E-state index in [1.807, 2.05) is 59.9 Å². The minimum Gasteiger partial charge on any atom is -0.835 e. The Morgan fingerprint density at radius 3 is 2.23 bits per heavy atom. The van der Waals surface area contributed by atoms with Gasteiger partial charge in [-0.2, -0.15) is 0 Å². The summed E-state index contributed by atoms with van der Waals surface area (Å²) in [5.41, 5.74) is 7.87. The fourth-order valence-corrected chi connectivity index (χ4v) is 4.35. The normalized spacial score (nSPS) is 15.2. The molecule has 0 heterocycles. The summed E-state index contributed by atoms with van der Waals surface area (Å²) in [6.07, 6.45) is 13.3. The van der Waals surface area contributed by atoms with E-state index in [0.717, 1.165) is 24.0 Å². The molecular formula is C32H57KN2O5. The molecular weight excluding hydrogens is 531 g/mol. The number of carbonyl (C=O) groups is 1. The summed E-state index contributed by atoms with van der Waals surface area (Å²) in [4.78, 5) is 15.5. The molecule has 0 saturated heterocycles. The third kappa shape index (κ3) is 18.1. The van der Waals surface area contributed by atoms with Gasteiger partial charge in [-0.25, -0.2) is 0 Å². The summed E-state index contributed by atoms with van der Waals surface area (Å²) in [5, 5.41) is 12.5. The molecule has 1 atom stereocenters. The van der Waals surface area contributed by atoms with Gasteiger partial charge >= 0.3 is 57.4 Å². The molecule has 1 aromatic rings. The number of nitrogens with two attached hydrogens (primary N) is 1. The fourth-order valence-electron chi connectivity index (χ4n) is 4.35. The summed E-state index contributed by atoms with van der Waals surface area (Å²) in [7, 11) is 1.59. The van der Waals surface area contributed by atoms with Crippen molar-refractivity contribution in [3.8, 4) is 5.75 Å². The standard InChI is InChI=1S/C23H35N2O2.C7H14O2.C2H6.K.H2O/c1-5-6-12-22(18-10-8-7-9-11-18)25-16-17(2)20-14-13-19(27-4)15-21(20)23(3,24)26;1-4-5-7(8)9-6(2)3;1-2;;/h13-16,18H,5-12,24H2,1-4H3;6H,4-5H2,1-3H3;1-2H3;;1H2/q-1;;;+1;/b17-16+,25-22?;;;;. The van der Waals surface area contributed by atoms with Crippen LogP contribution in [0.5, 0.6) is 5.75 Å². The van der Waals surface area contributed by atoms with Crippen LogP contribution in [0.25, 0.3) is 5.57 Å². The average Bonchev–Trinajstić information content (AvgIpc) is 2.89. The number of ether oxygens (including phenoxy) is 2. The molecule has 1 saturated carbocycles. The van der Waals surface area contributed by atoms with Gasteiger partial charge in [0, 0.05) is 18.3 Å². The Morgan fingerprint density at radius 2 is 1.75 bits per heavy atom. The van der Waals surface area contributed by atoms with Crippen molar-refractivity contribution < 1.29 is 76.2 Å². The van der Waals surface area contributed by atoms with Crippen LogP contribution >= 0.6 is 0 Å². The van der Waals surface area contributed by atoms with Gasteiger partial charge < -0.3 is 25.8 Å². The van der Waals surface area contributed by atoms with Gasteiger partial charge in [0.1, 0.15) is 5.75 Å². The number of hydrogen-bond acceptors (Lipinski definition) is 6. The van der Waals surface area contributed by atoms with E-state index >= 15 is 0 Å². The van der Waals surface area contributed by atoms with Crippen LogP contribution in [0.15, 0.2) is 29.4 Å². The van der Waals surface area contributed by atoms with Gasteiger partial charge in [-0.15, -0.1) is 0 Å². The van der Waals surface area contributed by atoms with Gasteiger partial charge in [-0.05, 0) is 93.4 Å². The van der Waals surface area contributed by atoms with Gasteiger partial charge in [0.2, 0.25) is 0 Å². The molecule has 0 spiro atoms. The van der Waals surface area contributed by atoms with E-state index in [-0.39, 0.29) is 68.9 Å². The van der Waals surface area contributed by atoms with E-state index < -0.39 is 5.72 Å². The molecule has 1 aromatic carbocycles. The first-order valence-electron chi connectivity index (χ1n) is 14.6. The van der Waals surface area contributed by atoms with Crippen LogP contribution in [-0.4, -0.2) is 30.4 Å². The molecule has 8 heteroatoms. The molecule has 4 N–H and O–H groups in total. The zero-order chi connectivity index (χ0) is 29.1. The van der Waals surface area contributed by atoms with Gasteiger partial charge in [-0.3, -0.25) is 9.79 Å². The third-order valence-electron chi connectivity index (χ3n) is 6.29. The van der Waals surface area contributed by atoms with Gasteiger partial charge in [-0.1, -0.05) is 66.4 Å². The molecule has 7 nitrogen and oxygen atoms in total. The van der Waals surface area contributed by atoms with Crippen molar-refractivity contribution >= 4 is 17.3 Å². The number of carbonyl (C=O) groups excluding carboxylic acids is 1. The van der Waals surface area contributed by atoms with Crippen molar-refractivity contribution in [1.29, 1.82) is 0 Å². The summed E-state index contributed by atoms with van der Waals surface area (Å²) in [6, 6.07) is 5.51. The summed E-state index contributed by atoms with van der Waals surface area (Å²) in [5.74, 6) is 1.17. The molecule has 2 rings (SSSR count). The van der Waals surface area contributed by atoms with Crippen LogP contribution in [0.3, 0.4) is 0 Å². The van der Waals surface area contributed by atoms with E-state index in [4.69, 9.17) is 20.2 Å². The van der Waals surface area contributed by atoms with E-state index in [1.165, 1.54) is 57.6 Å². The summed E-state index contributed by atoms with van der Waals surface area (Å²) in [6.45, 7) is 15.4. The first kappa shape index (κ1) is 43.9. The first-order chi connectivity index (χ1) is 18.0. The molecule has 1 fully saturated rings. The monoisotopic (exact) mass is 588 g/mol. The van der Waals surface area contributed by atoms with Gasteiger partial charge in [0.15, 0.2) is 0 Å². The summed E-state index contributed by atoms with van der Waals surface area (Å²) < 4.78 is 10.1. The van der Waals surface area contributed by atoms with Crippen molar-refractivity contribution in [2.24, 2.45) is 16.6 Å². The maximum atomic E-state index is 12.5. The van der Waals surface area contributed by atoms with Gasteiger partial charge in [0.25, 0.3) is 0 Å². The molecule has 0 bridgehead atoms. The van der Waals surface area contributed by atoms with Crippen LogP contribution in [0.2, 0.25) is 0 Å². The zero-order valence-electron chi connectivity index (χ0n) is 27.2. The predicted octanol–water partition coefficient (Wildman–Crippen LogP) is 3.70. The Labute approximate surface area is 287 Å². The smallest absolute Gasteiger partial charge is 0.835 e. The third-order valence-corrected chi connectivity index (χ3v) is 6.29. The molecule has 1 aliphatic rings. The second-order valence-corrected chi connectivity index (χ2v) is 10.2. The molecule has 0 amide bonds. The average molecular weight is 589 g/mol.